The van der Waals surface area contributed by atoms with E-state index in [1.807, 2.05) is 37.3 Å². The van der Waals surface area contributed by atoms with Gasteiger partial charge in [-0.3, -0.25) is 13.9 Å². The molecule has 0 bridgehead atoms. The summed E-state index contributed by atoms with van der Waals surface area (Å²) in [5, 5.41) is 3.43. The maximum Gasteiger partial charge on any atom is 0.264 e. The van der Waals surface area contributed by atoms with Crippen LogP contribution >= 0.6 is 23.2 Å². The van der Waals surface area contributed by atoms with E-state index in [-0.39, 0.29) is 45.5 Å². The summed E-state index contributed by atoms with van der Waals surface area (Å²) in [5.74, 6) is -1.44. The van der Waals surface area contributed by atoms with Crippen LogP contribution in [0.1, 0.15) is 42.4 Å². The summed E-state index contributed by atoms with van der Waals surface area (Å²) in [5.41, 5.74) is 2.26. The molecule has 2 amide bonds. The summed E-state index contributed by atoms with van der Waals surface area (Å²) >= 11 is 12.8. The minimum Gasteiger partial charge on any atom is -0.352 e. The Balaban J connectivity index is 1.58. The molecular weight excluding hydrogens is 660 g/mol. The van der Waals surface area contributed by atoms with Crippen LogP contribution in [-0.2, 0) is 32.6 Å². The highest BCUT2D eigenvalue weighted by atomic mass is 35.5. The van der Waals surface area contributed by atoms with Crippen LogP contribution < -0.4 is 9.62 Å². The number of aryl methyl sites for hydroxylation is 1. The Morgan fingerprint density at radius 2 is 1.55 bits per heavy atom. The monoisotopic (exact) mass is 695 g/mol. The molecule has 7 nitrogen and oxygen atoms in total. The fourth-order valence-electron chi connectivity index (χ4n) is 5.74. The maximum atomic E-state index is 14.6. The van der Waals surface area contributed by atoms with Gasteiger partial charge in [0.05, 0.1) is 15.6 Å². The van der Waals surface area contributed by atoms with E-state index in [2.05, 4.69) is 5.32 Å². The van der Waals surface area contributed by atoms with E-state index in [4.69, 9.17) is 23.2 Å². The number of carbonyl (C=O) groups excluding carboxylic acids is 2. The van der Waals surface area contributed by atoms with Crippen LogP contribution in [0.2, 0.25) is 10.0 Å². The third-order valence-electron chi connectivity index (χ3n) is 8.30. The Kier molecular flexibility index (Phi) is 11.2. The fourth-order valence-corrected chi connectivity index (χ4v) is 7.60. The van der Waals surface area contributed by atoms with Crippen LogP contribution in [0.4, 0.5) is 10.1 Å². The number of nitrogens with zero attached hydrogens (tertiary/aromatic N) is 2. The lowest BCUT2D eigenvalue weighted by Crippen LogP contribution is -2.54. The van der Waals surface area contributed by atoms with Gasteiger partial charge in [0, 0.05) is 24.0 Å². The molecule has 0 aliphatic heterocycles. The van der Waals surface area contributed by atoms with Crippen molar-refractivity contribution >= 4 is 50.7 Å². The van der Waals surface area contributed by atoms with Crippen molar-refractivity contribution in [3.05, 3.63) is 130 Å². The van der Waals surface area contributed by atoms with E-state index in [1.165, 1.54) is 47.4 Å². The highest BCUT2D eigenvalue weighted by molar-refractivity contribution is 7.92. The van der Waals surface area contributed by atoms with Gasteiger partial charge in [-0.1, -0.05) is 96.2 Å². The first-order chi connectivity index (χ1) is 22.5. The molecule has 1 N–H and O–H groups in total. The summed E-state index contributed by atoms with van der Waals surface area (Å²) in [4.78, 5) is 30.0. The molecule has 5 rings (SSSR count). The molecule has 0 radical (unpaired) electrons. The van der Waals surface area contributed by atoms with Crippen LogP contribution in [0.25, 0.3) is 0 Å². The first-order valence-electron chi connectivity index (χ1n) is 15.4. The minimum absolute atomic E-state index is 0.0184. The fraction of sp³-hybridized carbons (Fsp3) is 0.278. The zero-order valence-corrected chi connectivity index (χ0v) is 28.2. The number of amides is 2. The molecule has 0 saturated heterocycles. The maximum absolute atomic E-state index is 14.6. The van der Waals surface area contributed by atoms with E-state index >= 15 is 0 Å². The number of halogens is 3. The van der Waals surface area contributed by atoms with Gasteiger partial charge in [0.25, 0.3) is 10.0 Å². The van der Waals surface area contributed by atoms with Gasteiger partial charge in [0.2, 0.25) is 11.8 Å². The van der Waals surface area contributed by atoms with Crippen LogP contribution in [0.3, 0.4) is 0 Å². The standard InChI is InChI=1S/C36H36Cl2FN3O4S/c1-25-11-18-31(19-12-25)47(45,46)42(33-22-28(37)15-20-32(33)38)24-35(43)41(23-27-13-16-29(39)17-14-27)34(21-26-7-3-2-4-8-26)36(44)40-30-9-5-6-10-30/h2-4,7-8,11-20,22,30,34H,5-6,9-10,21,23-24H2,1H3,(H,40,44)/t34-/m0/s1. The van der Waals surface area contributed by atoms with Gasteiger partial charge in [-0.15, -0.1) is 0 Å². The van der Waals surface area contributed by atoms with E-state index in [1.54, 1.807) is 24.3 Å². The van der Waals surface area contributed by atoms with Gasteiger partial charge in [-0.05, 0) is 73.4 Å². The number of carbonyl (C=O) groups is 2. The second-order valence-corrected chi connectivity index (χ2v) is 14.5. The zero-order chi connectivity index (χ0) is 33.6. The van der Waals surface area contributed by atoms with Crippen molar-refractivity contribution in [3.8, 4) is 0 Å². The molecule has 4 aromatic carbocycles. The molecule has 1 saturated carbocycles. The van der Waals surface area contributed by atoms with Crippen molar-refractivity contribution < 1.29 is 22.4 Å². The lowest BCUT2D eigenvalue weighted by atomic mass is 10.0. The summed E-state index contributed by atoms with van der Waals surface area (Å²) in [7, 11) is -4.35. The first kappa shape index (κ1) is 34.4. The van der Waals surface area contributed by atoms with Gasteiger partial charge in [0.1, 0.15) is 18.4 Å². The molecule has 1 fully saturated rings. The molecule has 0 heterocycles. The first-order valence-corrected chi connectivity index (χ1v) is 17.6. The molecule has 0 unspecified atom stereocenters. The van der Waals surface area contributed by atoms with E-state index < -0.39 is 34.3 Å². The average molecular weight is 697 g/mol. The van der Waals surface area contributed by atoms with Gasteiger partial charge in [-0.2, -0.15) is 0 Å². The molecule has 11 heteroatoms. The van der Waals surface area contributed by atoms with Crippen molar-refractivity contribution in [1.29, 1.82) is 0 Å². The molecule has 0 aromatic heterocycles. The Labute approximate surface area is 285 Å². The second kappa shape index (κ2) is 15.3. The van der Waals surface area contributed by atoms with Crippen LogP contribution in [0.15, 0.2) is 102 Å². The number of sulfonamides is 1. The largest absolute Gasteiger partial charge is 0.352 e. The predicted molar refractivity (Wildman–Crippen MR) is 183 cm³/mol. The topological polar surface area (TPSA) is 86.8 Å². The predicted octanol–water partition coefficient (Wildman–Crippen LogP) is 7.34. The van der Waals surface area contributed by atoms with Crippen molar-refractivity contribution in [3.63, 3.8) is 0 Å². The van der Waals surface area contributed by atoms with E-state index in [0.717, 1.165) is 41.1 Å². The molecule has 1 atom stereocenters. The summed E-state index contributed by atoms with van der Waals surface area (Å²) < 4.78 is 43.3. The highest BCUT2D eigenvalue weighted by Crippen LogP contribution is 2.33. The lowest BCUT2D eigenvalue weighted by molar-refractivity contribution is -0.140. The molecule has 0 spiro atoms. The van der Waals surface area contributed by atoms with Gasteiger partial charge >= 0.3 is 0 Å². The quantitative estimate of drug-likeness (QED) is 0.168. The molecule has 47 heavy (non-hydrogen) atoms. The summed E-state index contributed by atoms with van der Waals surface area (Å²) in [6.07, 6.45) is 3.85. The van der Waals surface area contributed by atoms with Crippen molar-refractivity contribution in [2.75, 3.05) is 10.8 Å². The van der Waals surface area contributed by atoms with Crippen molar-refractivity contribution in [2.24, 2.45) is 0 Å². The smallest absolute Gasteiger partial charge is 0.264 e. The average Bonchev–Trinajstić information content (AvgIpc) is 3.57. The molecule has 4 aromatic rings. The lowest BCUT2D eigenvalue weighted by Gasteiger charge is -2.34. The normalized spacial score (nSPS) is 14.0. The Hall–Kier alpha value is -3.92. The van der Waals surface area contributed by atoms with Gasteiger partial charge in [-0.25, -0.2) is 12.8 Å². The third-order valence-corrected chi connectivity index (χ3v) is 10.6. The second-order valence-electron chi connectivity index (χ2n) is 11.8. The summed E-state index contributed by atoms with van der Waals surface area (Å²) in [6.45, 7) is 1.08. The number of anilines is 1. The number of nitrogens with one attached hydrogen (secondary N) is 1. The SMILES string of the molecule is Cc1ccc(S(=O)(=O)N(CC(=O)N(Cc2ccc(F)cc2)[C@@H](Cc2ccccc2)C(=O)NC2CCCC2)c2cc(Cl)ccc2Cl)cc1. The number of rotatable bonds is 12. The van der Waals surface area contributed by atoms with Gasteiger partial charge < -0.3 is 10.2 Å². The van der Waals surface area contributed by atoms with Crippen LogP contribution in [-0.4, -0.2) is 43.8 Å². The van der Waals surface area contributed by atoms with Crippen molar-refractivity contribution in [2.45, 2.75) is 62.6 Å². The van der Waals surface area contributed by atoms with E-state index in [0.29, 0.717) is 5.56 Å². The Morgan fingerprint density at radius 1 is 0.894 bits per heavy atom. The van der Waals surface area contributed by atoms with Crippen LogP contribution in [0.5, 0.6) is 0 Å². The van der Waals surface area contributed by atoms with Gasteiger partial charge in [0.15, 0.2) is 0 Å². The van der Waals surface area contributed by atoms with Crippen molar-refractivity contribution in [1.82, 2.24) is 10.2 Å². The van der Waals surface area contributed by atoms with Crippen LogP contribution in [0, 0.1) is 12.7 Å². The minimum atomic E-state index is -4.35. The summed E-state index contributed by atoms with van der Waals surface area (Å²) in [6, 6.07) is 24.6. The number of hydrogen-bond acceptors (Lipinski definition) is 4. The zero-order valence-electron chi connectivity index (χ0n) is 25.9. The van der Waals surface area contributed by atoms with E-state index in [9.17, 15) is 22.4 Å². The molecular formula is C36H36Cl2FN3O4S. The molecule has 1 aliphatic carbocycles. The molecule has 1 aliphatic rings. The Morgan fingerprint density at radius 3 is 2.21 bits per heavy atom. The third kappa shape index (κ3) is 8.71. The highest BCUT2D eigenvalue weighted by Gasteiger charge is 2.36. The molecule has 246 valence electrons. The number of hydrogen-bond donors (Lipinski definition) is 1. The Bertz CT molecular complexity index is 1800. The number of benzene rings is 4.